The lowest BCUT2D eigenvalue weighted by Crippen LogP contribution is -2.50. The molecule has 0 aliphatic rings. The molecule has 0 fully saturated rings. The van der Waals surface area contributed by atoms with E-state index in [-0.39, 0.29) is 23.3 Å². The highest BCUT2D eigenvalue weighted by Crippen LogP contribution is 2.24. The third-order valence-corrected chi connectivity index (χ3v) is 13.6. The number of hydrogen-bond donors (Lipinski definition) is 4. The summed E-state index contributed by atoms with van der Waals surface area (Å²) < 4.78 is 10.9. The van der Waals surface area contributed by atoms with Crippen LogP contribution in [-0.4, -0.2) is 71.9 Å². The molecule has 0 heterocycles. The number of unbranched alkanes of at least 4 members (excludes halogenated alkanes) is 30. The van der Waals surface area contributed by atoms with Gasteiger partial charge in [0, 0.05) is 24.6 Å². The number of alkyl carbamates (subject to hydrolysis) is 2. The van der Waals surface area contributed by atoms with Crippen molar-refractivity contribution in [2.24, 2.45) is 0 Å². The van der Waals surface area contributed by atoms with Gasteiger partial charge in [0.05, 0.1) is 0 Å². The summed E-state index contributed by atoms with van der Waals surface area (Å²) >= 11 is 0. The highest BCUT2D eigenvalue weighted by molar-refractivity contribution is 8.76. The SMILES string of the molecule is CCCCCCCCCCCCCCCCCCNC(=O)[C@H](CSSC[C@H](NC(=O)OC(C)(C)C)C(=O)NCCCCCCCCCCCCCCCCCC)NC(=O)OC(C)(C)C. The van der Waals surface area contributed by atoms with E-state index in [1.165, 1.54) is 189 Å². The van der Waals surface area contributed by atoms with Crippen molar-refractivity contribution >= 4 is 45.6 Å². The van der Waals surface area contributed by atoms with Crippen molar-refractivity contribution < 1.29 is 28.7 Å². The van der Waals surface area contributed by atoms with Crippen molar-refractivity contribution in [1.29, 1.82) is 0 Å². The first-order valence-electron chi connectivity index (χ1n) is 26.5. The maximum atomic E-state index is 13.3. The summed E-state index contributed by atoms with van der Waals surface area (Å²) in [5, 5.41) is 11.5. The van der Waals surface area contributed by atoms with Crippen LogP contribution in [0.4, 0.5) is 9.59 Å². The van der Waals surface area contributed by atoms with Crippen LogP contribution in [0.1, 0.15) is 261 Å². The summed E-state index contributed by atoms with van der Waals surface area (Å²) in [5.74, 6) is -0.0108. The molecule has 64 heavy (non-hydrogen) atoms. The first-order valence-corrected chi connectivity index (χ1v) is 29.0. The Balaban J connectivity index is 4.65. The molecule has 0 radical (unpaired) electrons. The molecule has 0 aliphatic heterocycles. The molecule has 10 nitrogen and oxygen atoms in total. The van der Waals surface area contributed by atoms with E-state index in [1.807, 2.05) is 0 Å². The lowest BCUT2D eigenvalue weighted by molar-refractivity contribution is -0.123. The number of nitrogens with one attached hydrogen (secondary N) is 4. The van der Waals surface area contributed by atoms with Crippen LogP contribution in [0.3, 0.4) is 0 Å². The lowest BCUT2D eigenvalue weighted by atomic mass is 10.0. The Labute approximate surface area is 402 Å². The maximum Gasteiger partial charge on any atom is 0.408 e. The van der Waals surface area contributed by atoms with Crippen LogP contribution in [0.2, 0.25) is 0 Å². The summed E-state index contributed by atoms with van der Waals surface area (Å²) in [4.78, 5) is 52.1. The number of rotatable bonds is 43. The van der Waals surface area contributed by atoms with Crippen LogP contribution in [0.25, 0.3) is 0 Å². The quantitative estimate of drug-likeness (QED) is 0.0351. The fraction of sp³-hybridized carbons (Fsp3) is 0.923. The third-order valence-electron chi connectivity index (χ3n) is 11.2. The molecule has 4 amide bonds. The van der Waals surface area contributed by atoms with Crippen molar-refractivity contribution in [2.45, 2.75) is 284 Å². The van der Waals surface area contributed by atoms with Crippen molar-refractivity contribution in [3.05, 3.63) is 0 Å². The molecule has 0 bridgehead atoms. The third kappa shape index (κ3) is 44.0. The standard InChI is InChI=1S/C52H102N4O6S2/c1-9-11-13-15-17-19-21-23-25-27-29-31-33-35-37-39-41-53-47(57)45(55-49(59)61-51(3,4)5)43-63-64-44-46(56-50(60)62-52(6,7)8)48(58)54-42-40-38-36-34-32-30-28-26-24-22-20-18-16-14-12-10-2/h45-46H,9-44H2,1-8H3,(H,53,57)(H,54,58)(H,55,59)(H,56,60)/t45-,46-/m0/s1. The average Bonchev–Trinajstić information content (AvgIpc) is 3.22. The molecule has 2 atom stereocenters. The Kier molecular flexibility index (Phi) is 41.3. The molecule has 0 aromatic carbocycles. The van der Waals surface area contributed by atoms with Gasteiger partial charge in [0.25, 0.3) is 0 Å². The Morgan fingerprint density at radius 2 is 0.594 bits per heavy atom. The molecular weight excluding hydrogens is 841 g/mol. The minimum atomic E-state index is -0.825. The van der Waals surface area contributed by atoms with Crippen LogP contribution in [-0.2, 0) is 19.1 Å². The van der Waals surface area contributed by atoms with Gasteiger partial charge in [-0.3, -0.25) is 9.59 Å². The van der Waals surface area contributed by atoms with E-state index >= 15 is 0 Å². The first kappa shape index (κ1) is 62.2. The zero-order chi connectivity index (χ0) is 47.6. The van der Waals surface area contributed by atoms with E-state index in [0.29, 0.717) is 13.1 Å². The molecule has 0 saturated carbocycles. The molecule has 0 aromatic rings. The minimum absolute atomic E-state index is 0.259. The fourth-order valence-electron chi connectivity index (χ4n) is 7.51. The van der Waals surface area contributed by atoms with Gasteiger partial charge >= 0.3 is 12.2 Å². The van der Waals surface area contributed by atoms with E-state index < -0.39 is 35.5 Å². The van der Waals surface area contributed by atoms with Gasteiger partial charge in [0.2, 0.25) is 11.8 Å². The molecule has 0 saturated heterocycles. The summed E-state index contributed by atoms with van der Waals surface area (Å²) in [6.07, 6.45) is 40.0. The van der Waals surface area contributed by atoms with E-state index in [9.17, 15) is 19.2 Å². The fourth-order valence-corrected chi connectivity index (χ4v) is 9.84. The van der Waals surface area contributed by atoms with Gasteiger partial charge in [-0.1, -0.05) is 228 Å². The lowest BCUT2D eigenvalue weighted by Gasteiger charge is -2.24. The van der Waals surface area contributed by atoms with Crippen molar-refractivity contribution in [3.8, 4) is 0 Å². The Morgan fingerprint density at radius 3 is 0.812 bits per heavy atom. The Bertz CT molecular complexity index is 1050. The van der Waals surface area contributed by atoms with Crippen molar-refractivity contribution in [1.82, 2.24) is 21.3 Å². The van der Waals surface area contributed by atoms with Crippen LogP contribution in [0.5, 0.6) is 0 Å². The van der Waals surface area contributed by atoms with Crippen molar-refractivity contribution in [3.63, 3.8) is 0 Å². The monoisotopic (exact) mass is 943 g/mol. The highest BCUT2D eigenvalue weighted by Gasteiger charge is 2.27. The van der Waals surface area contributed by atoms with E-state index in [2.05, 4.69) is 35.1 Å². The van der Waals surface area contributed by atoms with Gasteiger partial charge in [-0.2, -0.15) is 0 Å². The number of ether oxygens (including phenoxy) is 2. The van der Waals surface area contributed by atoms with Gasteiger partial charge in [0.15, 0.2) is 0 Å². The molecule has 0 aliphatic carbocycles. The van der Waals surface area contributed by atoms with Gasteiger partial charge in [-0.15, -0.1) is 0 Å². The van der Waals surface area contributed by atoms with Gasteiger partial charge in [-0.05, 0) is 54.4 Å². The number of hydrogen-bond acceptors (Lipinski definition) is 8. The molecular formula is C52H102N4O6S2. The van der Waals surface area contributed by atoms with Gasteiger partial charge in [0.1, 0.15) is 23.3 Å². The second-order valence-corrected chi connectivity index (χ2v) is 22.7. The zero-order valence-corrected chi connectivity index (χ0v) is 44.5. The summed E-state index contributed by atoms with van der Waals surface area (Å²) in [5.41, 5.74) is -1.42. The molecule has 378 valence electrons. The van der Waals surface area contributed by atoms with Crippen LogP contribution in [0.15, 0.2) is 0 Å². The van der Waals surface area contributed by atoms with E-state index in [0.717, 1.165) is 38.5 Å². The topological polar surface area (TPSA) is 135 Å². The normalized spacial score (nSPS) is 12.7. The molecule has 12 heteroatoms. The summed E-state index contributed by atoms with van der Waals surface area (Å²) in [6.45, 7) is 16.3. The van der Waals surface area contributed by atoms with Crippen molar-refractivity contribution in [2.75, 3.05) is 24.6 Å². The number of amides is 4. The first-order chi connectivity index (χ1) is 30.7. The Morgan fingerprint density at radius 1 is 0.375 bits per heavy atom. The van der Waals surface area contributed by atoms with Gasteiger partial charge in [-0.25, -0.2) is 9.59 Å². The number of carbonyl (C=O) groups excluding carboxylic acids is 4. The molecule has 0 unspecified atom stereocenters. The second kappa shape index (κ2) is 42.5. The molecule has 0 rings (SSSR count). The zero-order valence-electron chi connectivity index (χ0n) is 42.9. The maximum absolute atomic E-state index is 13.3. The van der Waals surface area contributed by atoms with Crippen LogP contribution >= 0.6 is 21.6 Å². The smallest absolute Gasteiger partial charge is 0.408 e. The van der Waals surface area contributed by atoms with E-state index in [4.69, 9.17) is 9.47 Å². The summed E-state index contributed by atoms with van der Waals surface area (Å²) in [6, 6.07) is -1.65. The number of carbonyl (C=O) groups is 4. The van der Waals surface area contributed by atoms with Crippen LogP contribution < -0.4 is 21.3 Å². The Hall–Kier alpha value is -1.82. The second-order valence-electron chi connectivity index (χ2n) is 20.2. The largest absolute Gasteiger partial charge is 0.444 e. The predicted octanol–water partition coefficient (Wildman–Crippen LogP) is 14.9. The van der Waals surface area contributed by atoms with E-state index in [1.54, 1.807) is 41.5 Å². The minimum Gasteiger partial charge on any atom is -0.444 e. The highest BCUT2D eigenvalue weighted by atomic mass is 33.1. The van der Waals surface area contributed by atoms with Gasteiger partial charge < -0.3 is 30.7 Å². The summed E-state index contributed by atoms with van der Waals surface area (Å²) in [7, 11) is 2.73. The van der Waals surface area contributed by atoms with Crippen LogP contribution in [0, 0.1) is 0 Å². The molecule has 0 spiro atoms. The average molecular weight is 944 g/mol. The predicted molar refractivity (Wildman–Crippen MR) is 276 cm³/mol. The molecule has 0 aromatic heterocycles. The molecule has 4 N–H and O–H groups in total.